The van der Waals surface area contributed by atoms with Gasteiger partial charge in [-0.1, -0.05) is 25.8 Å². The average Bonchev–Trinajstić information content (AvgIpc) is 3.58. The number of hydrogen-bond donors (Lipinski definition) is 2. The number of aromatic amines is 1. The summed E-state index contributed by atoms with van der Waals surface area (Å²) in [5.41, 5.74) is 13.0. The van der Waals surface area contributed by atoms with Gasteiger partial charge in [0.15, 0.2) is 5.78 Å². The van der Waals surface area contributed by atoms with E-state index in [2.05, 4.69) is 46.5 Å². The normalized spacial score (nSPS) is 19.7. The second kappa shape index (κ2) is 7.13. The Bertz CT molecular complexity index is 1360. The van der Waals surface area contributed by atoms with Gasteiger partial charge in [-0.25, -0.2) is 0 Å². The average molecular weight is 439 g/mol. The number of hydrogen-bond acceptors (Lipinski definition) is 4. The van der Waals surface area contributed by atoms with E-state index in [0.717, 1.165) is 76.8 Å². The molecule has 0 radical (unpaired) electrons. The molecular formula is C28H30N4O. The second-order valence-corrected chi connectivity index (χ2v) is 10.2. The third-order valence-electron chi connectivity index (χ3n) is 7.71. The van der Waals surface area contributed by atoms with Crippen molar-refractivity contribution < 1.29 is 4.79 Å². The molecule has 2 heterocycles. The molecule has 5 heteroatoms. The Kier molecular flexibility index (Phi) is 4.41. The molecule has 1 aromatic heterocycles. The van der Waals surface area contributed by atoms with E-state index in [0.29, 0.717) is 5.69 Å². The minimum Gasteiger partial charge on any atom is -0.399 e. The highest BCUT2D eigenvalue weighted by molar-refractivity contribution is 6.20. The first-order valence-electron chi connectivity index (χ1n) is 11.9. The van der Waals surface area contributed by atoms with Gasteiger partial charge in [0.25, 0.3) is 0 Å². The number of nitrogens with one attached hydrogen (secondary N) is 1. The zero-order valence-corrected chi connectivity index (χ0v) is 19.6. The number of benzene rings is 2. The number of fused-ring (bicyclic) bond motifs is 4. The molecule has 2 aliphatic carbocycles. The van der Waals surface area contributed by atoms with Crippen LogP contribution in [-0.4, -0.2) is 47.9 Å². The zero-order chi connectivity index (χ0) is 22.9. The number of rotatable bonds is 2. The Morgan fingerprint density at radius 3 is 2.55 bits per heavy atom. The minimum atomic E-state index is -0.338. The molecular weight excluding hydrogens is 408 g/mol. The highest BCUT2D eigenvalue weighted by atomic mass is 16.1. The zero-order valence-electron chi connectivity index (χ0n) is 19.6. The highest BCUT2D eigenvalue weighted by Crippen LogP contribution is 2.45. The highest BCUT2D eigenvalue weighted by Gasteiger charge is 2.41. The first-order valence-corrected chi connectivity index (χ1v) is 11.9. The number of piperazine rings is 1. The number of aromatic nitrogens is 1. The number of nitrogens with zero attached hydrogens (tertiary/aromatic N) is 2. The van der Waals surface area contributed by atoms with E-state index in [1.54, 1.807) is 0 Å². The standard InChI is InChI=1S/C28H30N4O/c1-4-5-17-14-21-22(16-24(17)32-12-10-31(11-13-32)19-7-8-19)28(2,3)27-25(26(21)33)20-9-6-18(29)15-23(20)30-27/h6,9,14-16,19,30H,7-8,10-13,29H2,1-3H3. The summed E-state index contributed by atoms with van der Waals surface area (Å²) in [7, 11) is 0. The van der Waals surface area contributed by atoms with Crippen molar-refractivity contribution in [3.63, 3.8) is 0 Å². The summed E-state index contributed by atoms with van der Waals surface area (Å²) in [6.07, 6.45) is 2.69. The van der Waals surface area contributed by atoms with E-state index in [4.69, 9.17) is 5.73 Å². The molecule has 5 nitrogen and oxygen atoms in total. The summed E-state index contributed by atoms with van der Waals surface area (Å²) in [5, 5.41) is 0.936. The first kappa shape index (κ1) is 20.4. The number of nitrogen functional groups attached to an aromatic ring is 1. The second-order valence-electron chi connectivity index (χ2n) is 10.2. The number of anilines is 2. The van der Waals surface area contributed by atoms with Crippen molar-refractivity contribution in [2.45, 2.75) is 45.1 Å². The number of nitrogens with two attached hydrogens (primary N) is 1. The Labute approximate surface area is 194 Å². The number of ketones is 1. The van der Waals surface area contributed by atoms with Gasteiger partial charge >= 0.3 is 0 Å². The molecule has 3 aromatic rings. The van der Waals surface area contributed by atoms with E-state index in [-0.39, 0.29) is 11.2 Å². The molecule has 2 fully saturated rings. The third kappa shape index (κ3) is 3.08. The molecule has 3 N–H and O–H groups in total. The lowest BCUT2D eigenvalue weighted by Crippen LogP contribution is -2.47. The fourth-order valence-electron chi connectivity index (χ4n) is 5.75. The number of carbonyl (C=O) groups excluding carboxylic acids is 1. The lowest BCUT2D eigenvalue weighted by molar-refractivity contribution is 0.103. The number of H-pyrrole nitrogens is 1. The van der Waals surface area contributed by atoms with Crippen molar-refractivity contribution in [3.05, 3.63) is 58.3 Å². The third-order valence-corrected chi connectivity index (χ3v) is 7.71. The van der Waals surface area contributed by atoms with Crippen LogP contribution in [0.4, 0.5) is 11.4 Å². The topological polar surface area (TPSA) is 65.4 Å². The Morgan fingerprint density at radius 1 is 1.09 bits per heavy atom. The van der Waals surface area contributed by atoms with E-state index in [1.165, 1.54) is 12.8 Å². The molecule has 0 spiro atoms. The van der Waals surface area contributed by atoms with Crippen molar-refractivity contribution in [2.75, 3.05) is 36.8 Å². The Balaban J connectivity index is 1.48. The number of carbonyl (C=O) groups is 1. The maximum atomic E-state index is 13.8. The van der Waals surface area contributed by atoms with Crippen LogP contribution in [0.25, 0.3) is 10.9 Å². The largest absolute Gasteiger partial charge is 0.399 e. The van der Waals surface area contributed by atoms with Crippen LogP contribution in [0.2, 0.25) is 0 Å². The lowest BCUT2D eigenvalue weighted by atomic mass is 9.70. The quantitative estimate of drug-likeness (QED) is 0.463. The first-order chi connectivity index (χ1) is 15.9. The van der Waals surface area contributed by atoms with Crippen LogP contribution in [0.5, 0.6) is 0 Å². The fraction of sp³-hybridized carbons (Fsp3) is 0.393. The minimum absolute atomic E-state index is 0.0691. The molecule has 1 aliphatic heterocycles. The predicted molar refractivity (Wildman–Crippen MR) is 134 cm³/mol. The van der Waals surface area contributed by atoms with Crippen LogP contribution in [0.1, 0.15) is 66.4 Å². The molecule has 168 valence electrons. The van der Waals surface area contributed by atoms with Gasteiger partial charge in [-0.15, -0.1) is 5.92 Å². The van der Waals surface area contributed by atoms with Crippen LogP contribution in [0, 0.1) is 11.8 Å². The lowest BCUT2D eigenvalue weighted by Gasteiger charge is -2.38. The summed E-state index contributed by atoms with van der Waals surface area (Å²) < 4.78 is 0. The molecule has 0 bridgehead atoms. The molecule has 2 aromatic carbocycles. The van der Waals surface area contributed by atoms with Crippen LogP contribution >= 0.6 is 0 Å². The van der Waals surface area contributed by atoms with E-state index in [1.807, 2.05) is 31.2 Å². The summed E-state index contributed by atoms with van der Waals surface area (Å²) in [4.78, 5) is 22.4. The van der Waals surface area contributed by atoms with Gasteiger partial charge in [0.1, 0.15) is 0 Å². The van der Waals surface area contributed by atoms with Crippen molar-refractivity contribution in [3.8, 4) is 11.8 Å². The smallest absolute Gasteiger partial charge is 0.195 e. The van der Waals surface area contributed by atoms with Crippen LogP contribution in [-0.2, 0) is 5.41 Å². The molecule has 1 saturated carbocycles. The van der Waals surface area contributed by atoms with Gasteiger partial charge in [0.2, 0.25) is 0 Å². The van der Waals surface area contributed by atoms with Gasteiger partial charge in [-0.3, -0.25) is 9.69 Å². The van der Waals surface area contributed by atoms with Crippen LogP contribution in [0.15, 0.2) is 30.3 Å². The molecule has 0 unspecified atom stereocenters. The van der Waals surface area contributed by atoms with E-state index >= 15 is 0 Å². The molecule has 1 saturated heterocycles. The predicted octanol–water partition coefficient (Wildman–Crippen LogP) is 4.28. The van der Waals surface area contributed by atoms with Gasteiger partial charge in [-0.05, 0) is 49.6 Å². The Morgan fingerprint density at radius 2 is 1.85 bits per heavy atom. The summed E-state index contributed by atoms with van der Waals surface area (Å²) >= 11 is 0. The van der Waals surface area contributed by atoms with Gasteiger partial charge in [-0.2, -0.15) is 0 Å². The van der Waals surface area contributed by atoms with Crippen molar-refractivity contribution in [1.82, 2.24) is 9.88 Å². The van der Waals surface area contributed by atoms with Gasteiger partial charge < -0.3 is 15.6 Å². The summed E-state index contributed by atoms with van der Waals surface area (Å²) in [6.45, 7) is 10.5. The van der Waals surface area contributed by atoms with E-state index in [9.17, 15) is 4.79 Å². The fourth-order valence-corrected chi connectivity index (χ4v) is 5.75. The summed E-state index contributed by atoms with van der Waals surface area (Å²) in [6, 6.07) is 10.8. The SMILES string of the molecule is CC#Cc1cc2c(cc1N1CCN(C3CC3)CC1)C(C)(C)c1[nH]c3cc(N)ccc3c1C2=O. The van der Waals surface area contributed by atoms with Gasteiger partial charge in [0, 0.05) is 71.0 Å². The molecule has 0 atom stereocenters. The van der Waals surface area contributed by atoms with Crippen LogP contribution in [0.3, 0.4) is 0 Å². The maximum Gasteiger partial charge on any atom is 0.195 e. The van der Waals surface area contributed by atoms with Crippen molar-refractivity contribution >= 4 is 28.1 Å². The molecule has 0 amide bonds. The monoisotopic (exact) mass is 438 g/mol. The molecule has 33 heavy (non-hydrogen) atoms. The van der Waals surface area contributed by atoms with Crippen molar-refractivity contribution in [1.29, 1.82) is 0 Å². The molecule has 3 aliphatic rings. The van der Waals surface area contributed by atoms with Crippen LogP contribution < -0.4 is 10.6 Å². The van der Waals surface area contributed by atoms with Gasteiger partial charge in [0.05, 0.1) is 11.3 Å². The van der Waals surface area contributed by atoms with Crippen molar-refractivity contribution in [2.24, 2.45) is 0 Å². The van der Waals surface area contributed by atoms with E-state index < -0.39 is 0 Å². The summed E-state index contributed by atoms with van der Waals surface area (Å²) in [5.74, 6) is 6.44. The molecule has 6 rings (SSSR count). The maximum absolute atomic E-state index is 13.8. The Hall–Kier alpha value is -3.23.